The van der Waals surface area contributed by atoms with Crippen molar-refractivity contribution in [1.82, 2.24) is 10.6 Å². The zero-order chi connectivity index (χ0) is 10.8. The number of carboxylic acids is 1. The zero-order valence-electron chi connectivity index (χ0n) is 8.46. The lowest BCUT2D eigenvalue weighted by Crippen LogP contribution is -2.50. The number of carboxylic acid groups (broad SMARTS) is 1. The number of rotatable bonds is 5. The number of hydrogen-bond donors (Lipinski definition) is 3. The fourth-order valence-corrected chi connectivity index (χ4v) is 0.883. The average Bonchev–Trinajstić information content (AvgIpc) is 2.85. The third-order valence-corrected chi connectivity index (χ3v) is 2.17. The second-order valence-electron chi connectivity index (χ2n) is 4.13. The summed E-state index contributed by atoms with van der Waals surface area (Å²) in [5, 5.41) is 14.2. The van der Waals surface area contributed by atoms with Crippen LogP contribution in [-0.2, 0) is 9.59 Å². The van der Waals surface area contributed by atoms with Crippen LogP contribution in [0.2, 0.25) is 0 Å². The standard InChI is InChI=1S/C9H16N2O3/c1-9(2,8(13)14)10-5-7(12)11-6-3-4-6/h6,10H,3-5H2,1-2H3,(H,11,12)(H,13,14). The van der Waals surface area contributed by atoms with Gasteiger partial charge in [-0.1, -0.05) is 0 Å². The second-order valence-corrected chi connectivity index (χ2v) is 4.13. The van der Waals surface area contributed by atoms with E-state index in [-0.39, 0.29) is 12.5 Å². The summed E-state index contributed by atoms with van der Waals surface area (Å²) in [6.45, 7) is 3.11. The van der Waals surface area contributed by atoms with Crippen molar-refractivity contribution in [3.05, 3.63) is 0 Å². The number of aliphatic carboxylic acids is 1. The van der Waals surface area contributed by atoms with Crippen LogP contribution in [0.15, 0.2) is 0 Å². The van der Waals surface area contributed by atoms with Gasteiger partial charge in [0.15, 0.2) is 0 Å². The molecule has 0 saturated heterocycles. The van der Waals surface area contributed by atoms with E-state index in [2.05, 4.69) is 10.6 Å². The molecule has 1 rings (SSSR count). The van der Waals surface area contributed by atoms with Gasteiger partial charge in [-0.25, -0.2) is 0 Å². The third kappa shape index (κ3) is 3.33. The Hall–Kier alpha value is -1.10. The molecule has 0 unspecified atom stereocenters. The van der Waals surface area contributed by atoms with Crippen LogP contribution in [0, 0.1) is 0 Å². The molecule has 14 heavy (non-hydrogen) atoms. The molecule has 0 aromatic rings. The highest BCUT2D eigenvalue weighted by Crippen LogP contribution is 2.18. The summed E-state index contributed by atoms with van der Waals surface area (Å²) in [6.07, 6.45) is 2.07. The zero-order valence-corrected chi connectivity index (χ0v) is 8.46. The van der Waals surface area contributed by atoms with Crippen LogP contribution in [0.3, 0.4) is 0 Å². The molecule has 1 saturated carbocycles. The molecule has 0 aliphatic heterocycles. The van der Waals surface area contributed by atoms with E-state index in [1.54, 1.807) is 0 Å². The van der Waals surface area contributed by atoms with Gasteiger partial charge in [-0.05, 0) is 26.7 Å². The SMILES string of the molecule is CC(C)(NCC(=O)NC1CC1)C(=O)O. The molecule has 5 nitrogen and oxygen atoms in total. The van der Waals surface area contributed by atoms with E-state index in [4.69, 9.17) is 5.11 Å². The van der Waals surface area contributed by atoms with E-state index >= 15 is 0 Å². The van der Waals surface area contributed by atoms with E-state index in [1.807, 2.05) is 0 Å². The number of carbonyl (C=O) groups excluding carboxylic acids is 1. The van der Waals surface area contributed by atoms with Gasteiger partial charge < -0.3 is 10.4 Å². The normalized spacial score (nSPS) is 16.4. The fourth-order valence-electron chi connectivity index (χ4n) is 0.883. The van der Waals surface area contributed by atoms with Crippen LogP contribution in [0.4, 0.5) is 0 Å². The lowest BCUT2D eigenvalue weighted by molar-refractivity contribution is -0.143. The van der Waals surface area contributed by atoms with Gasteiger partial charge in [0.05, 0.1) is 6.54 Å². The summed E-state index contributed by atoms with van der Waals surface area (Å²) in [5.41, 5.74) is -1.05. The molecule has 80 valence electrons. The Kier molecular flexibility index (Phi) is 3.10. The first-order valence-corrected chi connectivity index (χ1v) is 4.69. The molecule has 0 aromatic carbocycles. The number of nitrogens with one attached hydrogen (secondary N) is 2. The first kappa shape index (κ1) is 11.0. The van der Waals surface area contributed by atoms with Crippen LogP contribution in [0.1, 0.15) is 26.7 Å². The summed E-state index contributed by atoms with van der Waals surface area (Å²) in [4.78, 5) is 21.9. The van der Waals surface area contributed by atoms with Crippen LogP contribution < -0.4 is 10.6 Å². The molecule has 0 spiro atoms. The Morgan fingerprint density at radius 3 is 2.43 bits per heavy atom. The molecule has 0 aromatic heterocycles. The molecule has 5 heteroatoms. The fraction of sp³-hybridized carbons (Fsp3) is 0.778. The minimum absolute atomic E-state index is 0.0514. The van der Waals surface area contributed by atoms with E-state index in [0.717, 1.165) is 12.8 Å². The van der Waals surface area contributed by atoms with Gasteiger partial charge in [0.25, 0.3) is 0 Å². The van der Waals surface area contributed by atoms with E-state index < -0.39 is 11.5 Å². The maximum atomic E-state index is 11.2. The van der Waals surface area contributed by atoms with Gasteiger partial charge in [0.2, 0.25) is 5.91 Å². The summed E-state index contributed by atoms with van der Waals surface area (Å²) in [6, 6.07) is 0.317. The van der Waals surface area contributed by atoms with E-state index in [0.29, 0.717) is 6.04 Å². The third-order valence-electron chi connectivity index (χ3n) is 2.17. The minimum atomic E-state index is -1.05. The smallest absolute Gasteiger partial charge is 0.323 e. The highest BCUT2D eigenvalue weighted by atomic mass is 16.4. The molecule has 0 bridgehead atoms. The lowest BCUT2D eigenvalue weighted by atomic mass is 10.1. The summed E-state index contributed by atoms with van der Waals surface area (Å²) < 4.78 is 0. The molecule has 1 amide bonds. The summed E-state index contributed by atoms with van der Waals surface area (Å²) in [5.74, 6) is -1.10. The molecule has 0 radical (unpaired) electrons. The van der Waals surface area contributed by atoms with Crippen LogP contribution in [-0.4, -0.2) is 35.1 Å². The summed E-state index contributed by atoms with van der Waals surface area (Å²) in [7, 11) is 0. The maximum absolute atomic E-state index is 11.2. The van der Waals surface area contributed by atoms with Gasteiger partial charge in [-0.3, -0.25) is 14.9 Å². The van der Waals surface area contributed by atoms with Crippen LogP contribution >= 0.6 is 0 Å². The van der Waals surface area contributed by atoms with Crippen molar-refractivity contribution in [2.24, 2.45) is 0 Å². The number of hydrogen-bond acceptors (Lipinski definition) is 3. The van der Waals surface area contributed by atoms with Crippen molar-refractivity contribution >= 4 is 11.9 Å². The Morgan fingerprint density at radius 1 is 1.43 bits per heavy atom. The van der Waals surface area contributed by atoms with Gasteiger partial charge in [-0.15, -0.1) is 0 Å². The molecule has 1 aliphatic carbocycles. The second kappa shape index (κ2) is 3.96. The lowest BCUT2D eigenvalue weighted by Gasteiger charge is -2.20. The summed E-state index contributed by atoms with van der Waals surface area (Å²) >= 11 is 0. The molecule has 1 fully saturated rings. The predicted molar refractivity (Wildman–Crippen MR) is 50.9 cm³/mol. The van der Waals surface area contributed by atoms with Gasteiger partial charge >= 0.3 is 5.97 Å². The first-order chi connectivity index (χ1) is 6.42. The predicted octanol–water partition coefficient (Wildman–Crippen LogP) is -0.282. The van der Waals surface area contributed by atoms with Gasteiger partial charge in [0, 0.05) is 6.04 Å². The number of carbonyl (C=O) groups is 2. The van der Waals surface area contributed by atoms with Gasteiger partial charge in [0.1, 0.15) is 5.54 Å². The maximum Gasteiger partial charge on any atom is 0.323 e. The van der Waals surface area contributed by atoms with Crippen molar-refractivity contribution in [3.8, 4) is 0 Å². The molecule has 0 atom stereocenters. The highest BCUT2D eigenvalue weighted by molar-refractivity contribution is 5.81. The first-order valence-electron chi connectivity index (χ1n) is 4.69. The molecule has 1 aliphatic rings. The molecule has 0 heterocycles. The minimum Gasteiger partial charge on any atom is -0.480 e. The van der Waals surface area contributed by atoms with Crippen LogP contribution in [0.5, 0.6) is 0 Å². The van der Waals surface area contributed by atoms with Crippen molar-refractivity contribution in [1.29, 1.82) is 0 Å². The highest BCUT2D eigenvalue weighted by Gasteiger charge is 2.28. The molecular weight excluding hydrogens is 184 g/mol. The Bertz CT molecular complexity index is 246. The van der Waals surface area contributed by atoms with Crippen LogP contribution in [0.25, 0.3) is 0 Å². The number of amides is 1. The largest absolute Gasteiger partial charge is 0.480 e. The quantitative estimate of drug-likeness (QED) is 0.570. The van der Waals surface area contributed by atoms with Gasteiger partial charge in [-0.2, -0.15) is 0 Å². The Morgan fingerprint density at radius 2 is 2.00 bits per heavy atom. The van der Waals surface area contributed by atoms with E-state index in [1.165, 1.54) is 13.8 Å². The molecular formula is C9H16N2O3. The van der Waals surface area contributed by atoms with Crippen molar-refractivity contribution in [2.45, 2.75) is 38.3 Å². The van der Waals surface area contributed by atoms with Crippen molar-refractivity contribution in [2.75, 3.05) is 6.54 Å². The molecule has 3 N–H and O–H groups in total. The average molecular weight is 200 g/mol. The van der Waals surface area contributed by atoms with E-state index in [9.17, 15) is 9.59 Å². The Balaban J connectivity index is 2.24. The van der Waals surface area contributed by atoms with Crippen molar-refractivity contribution in [3.63, 3.8) is 0 Å². The Labute approximate surface area is 82.9 Å². The van der Waals surface area contributed by atoms with Crippen molar-refractivity contribution < 1.29 is 14.7 Å². The monoisotopic (exact) mass is 200 g/mol. The topological polar surface area (TPSA) is 78.4 Å².